The summed E-state index contributed by atoms with van der Waals surface area (Å²) < 4.78 is 65.3. The van der Waals surface area contributed by atoms with Crippen LogP contribution in [0.1, 0.15) is 66.5 Å². The van der Waals surface area contributed by atoms with Gasteiger partial charge in [-0.2, -0.15) is 13.2 Å². The second-order valence-corrected chi connectivity index (χ2v) is 15.7. The molecular weight excluding hydrogens is 724 g/mol. The van der Waals surface area contributed by atoms with Gasteiger partial charge in [-0.05, 0) is 119 Å². The molecule has 0 spiro atoms. The molecule has 0 atom stereocenters. The zero-order chi connectivity index (χ0) is 39.7. The molecule has 57 heavy (non-hydrogen) atoms. The van der Waals surface area contributed by atoms with Gasteiger partial charge in [0.1, 0.15) is 23.0 Å². The highest BCUT2D eigenvalue weighted by Crippen LogP contribution is 2.59. The summed E-state index contributed by atoms with van der Waals surface area (Å²) in [5, 5.41) is 2.00. The molecule has 0 saturated carbocycles. The third-order valence-corrected chi connectivity index (χ3v) is 12.2. The Kier molecular flexibility index (Phi) is 8.79. The van der Waals surface area contributed by atoms with E-state index in [2.05, 4.69) is 55.2 Å². The Morgan fingerprint density at radius 2 is 1.28 bits per heavy atom. The topological polar surface area (TPSA) is 40.2 Å². The number of hydrogen-bond donors (Lipinski definition) is 0. The van der Waals surface area contributed by atoms with Gasteiger partial charge in [0.15, 0.2) is 5.60 Å². The fourth-order valence-electron chi connectivity index (χ4n) is 9.23. The Morgan fingerprint density at radius 3 is 1.86 bits per heavy atom. The van der Waals surface area contributed by atoms with Gasteiger partial charge in [0.05, 0.1) is 32.6 Å². The van der Waals surface area contributed by atoms with Crippen LogP contribution in [0.4, 0.5) is 18.9 Å². The van der Waals surface area contributed by atoms with E-state index in [4.69, 9.17) is 18.9 Å². The van der Waals surface area contributed by atoms with Crippen molar-refractivity contribution in [3.05, 3.63) is 143 Å². The van der Waals surface area contributed by atoms with Crippen LogP contribution in [0.5, 0.6) is 23.0 Å². The minimum Gasteiger partial charge on any atom is -0.497 e. The average Bonchev–Trinajstić information content (AvgIpc) is 3.49. The fraction of sp³-hybridized carbons (Fsp3) is 0.265. The highest BCUT2D eigenvalue weighted by Gasteiger charge is 2.45. The van der Waals surface area contributed by atoms with E-state index >= 15 is 0 Å². The van der Waals surface area contributed by atoms with Gasteiger partial charge in [-0.15, -0.1) is 0 Å². The minimum atomic E-state index is -4.40. The van der Waals surface area contributed by atoms with Crippen molar-refractivity contribution in [2.24, 2.45) is 0 Å². The molecule has 290 valence electrons. The van der Waals surface area contributed by atoms with E-state index in [1.54, 1.807) is 33.5 Å². The number of fused-ring (bicyclic) bond motifs is 8. The molecule has 0 amide bonds. The van der Waals surface area contributed by atoms with Gasteiger partial charge < -0.3 is 23.8 Å². The third-order valence-electron chi connectivity index (χ3n) is 12.2. The van der Waals surface area contributed by atoms with Gasteiger partial charge in [-0.3, -0.25) is 0 Å². The van der Waals surface area contributed by atoms with Crippen molar-refractivity contribution in [1.29, 1.82) is 0 Å². The molecule has 3 aliphatic rings. The molecule has 0 aromatic heterocycles. The molecule has 0 bridgehead atoms. The molecule has 1 aliphatic carbocycles. The number of anilines is 1. The summed E-state index contributed by atoms with van der Waals surface area (Å²) in [5.74, 6) is 3.04. The Morgan fingerprint density at radius 1 is 0.667 bits per heavy atom. The van der Waals surface area contributed by atoms with E-state index in [1.165, 1.54) is 6.42 Å². The average molecular weight is 768 g/mol. The van der Waals surface area contributed by atoms with Crippen LogP contribution in [-0.2, 0) is 17.2 Å². The van der Waals surface area contributed by atoms with Gasteiger partial charge in [0.2, 0.25) is 0 Å². The van der Waals surface area contributed by atoms with Crippen molar-refractivity contribution in [2.45, 2.75) is 50.3 Å². The molecule has 6 aromatic carbocycles. The molecule has 8 heteroatoms. The molecule has 2 aliphatic heterocycles. The standard InChI is InChI=1S/C49H44F3NO4/c1-47(2)41-27-31(30-9-12-34(13-10-30)49(50,51)52)11-22-37(41)44-39-28-42(53-25-7-6-8-26-53)43(56-5)29-40(39)46-38(45(44)47)23-24-48(57-46,32-14-18-35(54-3)19-15-32)33-16-20-36(55-4)21-17-33/h9-24,27-29H,6-8,25-26H2,1-5H3. The SMILES string of the molecule is COc1ccc(C2(c3ccc(OC)cc3)C=Cc3c4c(c5cc(N6CCCCC6)c(OC)cc5c3O2)-c2ccc(-c3ccc(C(F)(F)F)cc3)cc2C4(C)C)cc1. The lowest BCUT2D eigenvalue weighted by molar-refractivity contribution is -0.137. The lowest BCUT2D eigenvalue weighted by atomic mass is 9.76. The second kappa shape index (κ2) is 13.6. The van der Waals surface area contributed by atoms with Gasteiger partial charge in [-0.1, -0.05) is 68.5 Å². The molecule has 6 aromatic rings. The van der Waals surface area contributed by atoms with E-state index < -0.39 is 22.8 Å². The number of nitrogens with zero attached hydrogens (tertiary/aromatic N) is 1. The van der Waals surface area contributed by atoms with E-state index in [0.717, 1.165) is 128 Å². The third kappa shape index (κ3) is 5.91. The van der Waals surface area contributed by atoms with E-state index in [0.29, 0.717) is 0 Å². The van der Waals surface area contributed by atoms with E-state index in [-0.39, 0.29) is 0 Å². The first-order valence-corrected chi connectivity index (χ1v) is 19.4. The first-order valence-electron chi connectivity index (χ1n) is 19.4. The molecule has 1 fully saturated rings. The quantitative estimate of drug-likeness (QED) is 0.162. The normalized spacial score (nSPS) is 16.4. The number of methoxy groups -OCH3 is 3. The molecule has 0 unspecified atom stereocenters. The zero-order valence-electron chi connectivity index (χ0n) is 32.7. The predicted molar refractivity (Wildman–Crippen MR) is 221 cm³/mol. The number of benzene rings is 6. The maximum absolute atomic E-state index is 13.5. The van der Waals surface area contributed by atoms with Crippen LogP contribution in [0.25, 0.3) is 39.1 Å². The van der Waals surface area contributed by atoms with Crippen molar-refractivity contribution in [1.82, 2.24) is 0 Å². The molecule has 0 N–H and O–H groups in total. The molecule has 9 rings (SSSR count). The number of piperidine rings is 1. The molecular formula is C49H44F3NO4. The lowest BCUT2D eigenvalue weighted by Crippen LogP contribution is -2.35. The Balaban J connectivity index is 1.30. The van der Waals surface area contributed by atoms with Crippen molar-refractivity contribution in [2.75, 3.05) is 39.3 Å². The smallest absolute Gasteiger partial charge is 0.416 e. The molecule has 0 radical (unpaired) electrons. The monoisotopic (exact) mass is 767 g/mol. The maximum Gasteiger partial charge on any atom is 0.416 e. The van der Waals surface area contributed by atoms with Crippen molar-refractivity contribution < 1.29 is 32.1 Å². The molecule has 5 nitrogen and oxygen atoms in total. The number of alkyl halides is 3. The summed E-state index contributed by atoms with van der Waals surface area (Å²) in [6.07, 6.45) is 3.40. The summed E-state index contributed by atoms with van der Waals surface area (Å²) in [5.41, 5.74) is 7.84. The number of hydrogen-bond acceptors (Lipinski definition) is 5. The number of ether oxygens (including phenoxy) is 4. The van der Waals surface area contributed by atoms with Crippen molar-refractivity contribution in [3.8, 4) is 45.3 Å². The highest BCUT2D eigenvalue weighted by molar-refractivity contribution is 6.10. The number of rotatable bonds is 7. The lowest BCUT2D eigenvalue weighted by Gasteiger charge is -2.39. The van der Waals surface area contributed by atoms with E-state index in [1.807, 2.05) is 54.6 Å². The minimum absolute atomic E-state index is 0.496. The molecule has 1 saturated heterocycles. The fourth-order valence-corrected chi connectivity index (χ4v) is 9.23. The van der Waals surface area contributed by atoms with E-state index in [9.17, 15) is 13.2 Å². The Labute approximate surface area is 331 Å². The highest BCUT2D eigenvalue weighted by atomic mass is 19.4. The second-order valence-electron chi connectivity index (χ2n) is 15.7. The van der Waals surface area contributed by atoms with Crippen LogP contribution >= 0.6 is 0 Å². The summed E-state index contributed by atoms with van der Waals surface area (Å²) >= 11 is 0. The first kappa shape index (κ1) is 36.7. The van der Waals surface area contributed by atoms with Crippen molar-refractivity contribution in [3.63, 3.8) is 0 Å². The van der Waals surface area contributed by atoms with Gasteiger partial charge in [0.25, 0.3) is 0 Å². The van der Waals surface area contributed by atoms with Crippen LogP contribution in [0.15, 0.2) is 109 Å². The first-order chi connectivity index (χ1) is 27.5. The zero-order valence-corrected chi connectivity index (χ0v) is 32.7. The Bertz CT molecular complexity index is 2480. The summed E-state index contributed by atoms with van der Waals surface area (Å²) in [6.45, 7) is 6.37. The number of halogens is 3. The van der Waals surface area contributed by atoms with Crippen molar-refractivity contribution >= 4 is 22.5 Å². The largest absolute Gasteiger partial charge is 0.497 e. The Hall–Kier alpha value is -5.89. The van der Waals surface area contributed by atoms with Crippen LogP contribution in [-0.4, -0.2) is 34.4 Å². The molecule has 2 heterocycles. The predicted octanol–water partition coefficient (Wildman–Crippen LogP) is 12.2. The summed E-state index contributed by atoms with van der Waals surface area (Å²) in [4.78, 5) is 2.43. The van der Waals surface area contributed by atoms with Gasteiger partial charge in [0, 0.05) is 40.6 Å². The van der Waals surface area contributed by atoms with Gasteiger partial charge >= 0.3 is 6.18 Å². The van der Waals surface area contributed by atoms with Crippen LogP contribution in [0.3, 0.4) is 0 Å². The summed E-state index contributed by atoms with van der Waals surface area (Å²) in [7, 11) is 5.05. The van der Waals surface area contributed by atoms with Crippen LogP contribution in [0, 0.1) is 0 Å². The maximum atomic E-state index is 13.5. The van der Waals surface area contributed by atoms with Crippen LogP contribution in [0.2, 0.25) is 0 Å². The van der Waals surface area contributed by atoms with Gasteiger partial charge in [-0.25, -0.2) is 0 Å². The summed E-state index contributed by atoms with van der Waals surface area (Å²) in [6, 6.07) is 32.2. The van der Waals surface area contributed by atoms with Crippen LogP contribution < -0.4 is 23.8 Å².